The Bertz CT molecular complexity index is 388. The van der Waals surface area contributed by atoms with Gasteiger partial charge < -0.3 is 10.5 Å². The molecule has 0 fully saturated rings. The van der Waals surface area contributed by atoms with E-state index in [2.05, 4.69) is 0 Å². The van der Waals surface area contributed by atoms with E-state index < -0.39 is 12.2 Å². The van der Waals surface area contributed by atoms with Crippen LogP contribution in [0.1, 0.15) is 31.0 Å². The minimum Gasteiger partial charge on any atom is -0.491 e. The summed E-state index contributed by atoms with van der Waals surface area (Å²) < 4.78 is 42.7. The average Bonchev–Trinajstić information content (AvgIpc) is 2.18. The van der Waals surface area contributed by atoms with Gasteiger partial charge in [-0.3, -0.25) is 0 Å². The normalized spacial score (nSPS) is 13.9. The van der Waals surface area contributed by atoms with Gasteiger partial charge in [0.15, 0.2) is 0 Å². The first-order valence-corrected chi connectivity index (χ1v) is 5.31. The lowest BCUT2D eigenvalue weighted by atomic mass is 10.0. The number of alkyl halides is 3. The van der Waals surface area contributed by atoms with E-state index in [1.807, 2.05) is 13.8 Å². The molecule has 1 aromatic rings. The Morgan fingerprint density at radius 2 is 1.82 bits per heavy atom. The minimum absolute atomic E-state index is 0.0177. The second-order valence-electron chi connectivity index (χ2n) is 4.21. The van der Waals surface area contributed by atoms with Crippen molar-refractivity contribution in [1.29, 1.82) is 0 Å². The maximum absolute atomic E-state index is 12.4. The van der Waals surface area contributed by atoms with Crippen LogP contribution in [0.25, 0.3) is 0 Å². The molecule has 0 aliphatic rings. The number of aryl methyl sites for hydroxylation is 1. The molecule has 0 amide bonds. The van der Waals surface area contributed by atoms with Gasteiger partial charge in [0.2, 0.25) is 0 Å². The van der Waals surface area contributed by atoms with Gasteiger partial charge >= 0.3 is 6.18 Å². The summed E-state index contributed by atoms with van der Waals surface area (Å²) in [5.41, 5.74) is 5.82. The Kier molecular flexibility index (Phi) is 4.03. The van der Waals surface area contributed by atoms with E-state index in [-0.39, 0.29) is 11.7 Å². The van der Waals surface area contributed by atoms with Gasteiger partial charge in [-0.2, -0.15) is 13.2 Å². The number of nitrogens with two attached hydrogens (primary N) is 1. The van der Waals surface area contributed by atoms with Gasteiger partial charge in [0.05, 0.1) is 6.10 Å². The molecule has 17 heavy (non-hydrogen) atoms. The van der Waals surface area contributed by atoms with Crippen LogP contribution in [0.2, 0.25) is 0 Å². The van der Waals surface area contributed by atoms with Crippen molar-refractivity contribution >= 4 is 0 Å². The van der Waals surface area contributed by atoms with Crippen LogP contribution in [0, 0.1) is 6.92 Å². The Morgan fingerprint density at radius 3 is 2.24 bits per heavy atom. The highest BCUT2D eigenvalue weighted by molar-refractivity contribution is 5.37. The number of rotatable bonds is 3. The SMILES string of the molecule is Cc1cc(C(N)C(F)(F)F)ccc1OC(C)C. The smallest absolute Gasteiger partial charge is 0.407 e. The number of benzene rings is 1. The summed E-state index contributed by atoms with van der Waals surface area (Å²) in [5.74, 6) is 0.582. The lowest BCUT2D eigenvalue weighted by molar-refractivity contribution is -0.149. The zero-order valence-corrected chi connectivity index (χ0v) is 10.0. The molecule has 0 radical (unpaired) electrons. The van der Waals surface area contributed by atoms with E-state index in [4.69, 9.17) is 10.5 Å². The van der Waals surface area contributed by atoms with Crippen molar-refractivity contribution < 1.29 is 17.9 Å². The first kappa shape index (κ1) is 13.8. The van der Waals surface area contributed by atoms with Crippen molar-refractivity contribution in [2.75, 3.05) is 0 Å². The lowest BCUT2D eigenvalue weighted by Crippen LogP contribution is -2.28. The summed E-state index contributed by atoms with van der Waals surface area (Å²) in [5, 5.41) is 0. The topological polar surface area (TPSA) is 35.2 Å². The second-order valence-corrected chi connectivity index (χ2v) is 4.21. The largest absolute Gasteiger partial charge is 0.491 e. The van der Waals surface area contributed by atoms with Crippen LogP contribution >= 0.6 is 0 Å². The molecule has 5 heteroatoms. The standard InChI is InChI=1S/C12H16F3NO/c1-7(2)17-10-5-4-9(6-8(10)3)11(16)12(13,14)15/h4-7,11H,16H2,1-3H3. The van der Waals surface area contributed by atoms with Crippen molar-refractivity contribution in [1.82, 2.24) is 0 Å². The second kappa shape index (κ2) is 4.96. The third kappa shape index (κ3) is 3.63. The average molecular weight is 247 g/mol. The molecule has 1 unspecified atom stereocenters. The molecular formula is C12H16F3NO. The van der Waals surface area contributed by atoms with Crippen LogP contribution in [0.3, 0.4) is 0 Å². The Labute approximate surface area is 98.6 Å². The number of hydrogen-bond donors (Lipinski definition) is 1. The summed E-state index contributed by atoms with van der Waals surface area (Å²) in [6.45, 7) is 5.41. The highest BCUT2D eigenvalue weighted by atomic mass is 19.4. The molecule has 2 N–H and O–H groups in total. The molecule has 0 aromatic heterocycles. The molecule has 1 atom stereocenters. The van der Waals surface area contributed by atoms with Crippen molar-refractivity contribution in [3.05, 3.63) is 29.3 Å². The first-order valence-electron chi connectivity index (χ1n) is 5.31. The molecule has 2 nitrogen and oxygen atoms in total. The summed E-state index contributed by atoms with van der Waals surface area (Å²) >= 11 is 0. The van der Waals surface area contributed by atoms with E-state index in [0.29, 0.717) is 11.3 Å². The third-order valence-corrected chi connectivity index (χ3v) is 2.27. The molecule has 0 bridgehead atoms. The van der Waals surface area contributed by atoms with Crippen LogP contribution < -0.4 is 10.5 Å². The van der Waals surface area contributed by atoms with Crippen molar-refractivity contribution in [3.63, 3.8) is 0 Å². The van der Waals surface area contributed by atoms with Gasteiger partial charge in [-0.05, 0) is 38.0 Å². The fourth-order valence-electron chi connectivity index (χ4n) is 1.44. The molecule has 0 saturated carbocycles. The van der Waals surface area contributed by atoms with Crippen LogP contribution in [0.15, 0.2) is 18.2 Å². The lowest BCUT2D eigenvalue weighted by Gasteiger charge is -2.18. The summed E-state index contributed by atoms with van der Waals surface area (Å²) in [7, 11) is 0. The van der Waals surface area contributed by atoms with Crippen molar-refractivity contribution in [2.24, 2.45) is 5.73 Å². The van der Waals surface area contributed by atoms with Gasteiger partial charge in [0.25, 0.3) is 0 Å². The molecule has 0 spiro atoms. The van der Waals surface area contributed by atoms with Crippen LogP contribution in [0.4, 0.5) is 13.2 Å². The maximum atomic E-state index is 12.4. The predicted molar refractivity (Wildman–Crippen MR) is 59.9 cm³/mol. The highest BCUT2D eigenvalue weighted by Crippen LogP contribution is 2.32. The molecule has 0 aliphatic carbocycles. The molecule has 1 rings (SSSR count). The third-order valence-electron chi connectivity index (χ3n) is 2.27. The maximum Gasteiger partial charge on any atom is 0.407 e. The van der Waals surface area contributed by atoms with E-state index >= 15 is 0 Å². The molecule has 0 aliphatic heterocycles. The van der Waals surface area contributed by atoms with E-state index in [1.165, 1.54) is 18.2 Å². The summed E-state index contributed by atoms with van der Waals surface area (Å²) in [6.07, 6.45) is -4.44. The highest BCUT2D eigenvalue weighted by Gasteiger charge is 2.37. The number of ether oxygens (including phenoxy) is 1. The van der Waals surface area contributed by atoms with Gasteiger partial charge in [0, 0.05) is 0 Å². The zero-order valence-electron chi connectivity index (χ0n) is 10.0. The van der Waals surface area contributed by atoms with Gasteiger partial charge in [0.1, 0.15) is 11.8 Å². The Balaban J connectivity index is 2.96. The summed E-state index contributed by atoms with van der Waals surface area (Å²) in [4.78, 5) is 0. The van der Waals surface area contributed by atoms with E-state index in [0.717, 1.165) is 0 Å². The first-order chi connectivity index (χ1) is 7.71. The molecule has 96 valence electrons. The van der Waals surface area contributed by atoms with Gasteiger partial charge in [-0.25, -0.2) is 0 Å². The summed E-state index contributed by atoms with van der Waals surface area (Å²) in [6, 6.07) is 2.34. The van der Waals surface area contributed by atoms with Crippen LogP contribution in [-0.2, 0) is 0 Å². The van der Waals surface area contributed by atoms with Gasteiger partial charge in [-0.15, -0.1) is 0 Å². The molecule has 0 heterocycles. The van der Waals surface area contributed by atoms with Crippen LogP contribution in [0.5, 0.6) is 5.75 Å². The zero-order chi connectivity index (χ0) is 13.2. The van der Waals surface area contributed by atoms with Crippen molar-refractivity contribution in [3.8, 4) is 5.75 Å². The quantitative estimate of drug-likeness (QED) is 0.889. The number of hydrogen-bond acceptors (Lipinski definition) is 2. The predicted octanol–water partition coefficient (Wildman–Crippen LogP) is 3.34. The number of halogens is 3. The Hall–Kier alpha value is -1.23. The van der Waals surface area contributed by atoms with E-state index in [1.54, 1.807) is 6.92 Å². The monoisotopic (exact) mass is 247 g/mol. The Morgan fingerprint density at radius 1 is 1.24 bits per heavy atom. The fraction of sp³-hybridized carbons (Fsp3) is 0.500. The van der Waals surface area contributed by atoms with Crippen molar-refractivity contribution in [2.45, 2.75) is 39.1 Å². The van der Waals surface area contributed by atoms with E-state index in [9.17, 15) is 13.2 Å². The van der Waals surface area contributed by atoms with Crippen LogP contribution in [-0.4, -0.2) is 12.3 Å². The fourth-order valence-corrected chi connectivity index (χ4v) is 1.44. The molecule has 0 saturated heterocycles. The van der Waals surface area contributed by atoms with Gasteiger partial charge in [-0.1, -0.05) is 12.1 Å². The molecule has 1 aromatic carbocycles. The molecular weight excluding hydrogens is 231 g/mol. The minimum atomic E-state index is -4.42.